The molecule has 0 aliphatic rings. The molecule has 0 spiro atoms. The molecule has 0 aliphatic heterocycles. The van der Waals surface area contributed by atoms with Crippen molar-refractivity contribution >= 4 is 17.7 Å². The second-order valence-electron chi connectivity index (χ2n) is 4.12. The van der Waals surface area contributed by atoms with Gasteiger partial charge in [-0.3, -0.25) is 0 Å². The van der Waals surface area contributed by atoms with Gasteiger partial charge >= 0.3 is 17.7 Å². The van der Waals surface area contributed by atoms with E-state index in [1.54, 1.807) is 39.8 Å². The zero-order chi connectivity index (χ0) is 13.5. The summed E-state index contributed by atoms with van der Waals surface area (Å²) in [6.07, 6.45) is 3.25. The van der Waals surface area contributed by atoms with Crippen molar-refractivity contribution in [3.8, 4) is 0 Å². The molecule has 94 valence electrons. The van der Waals surface area contributed by atoms with E-state index >= 15 is 0 Å². The van der Waals surface area contributed by atoms with Crippen LogP contribution in [-0.4, -0.2) is 34.6 Å². The highest BCUT2D eigenvalue weighted by molar-refractivity contribution is 6.60. The van der Waals surface area contributed by atoms with Crippen LogP contribution in [0.25, 0.3) is 5.53 Å². The van der Waals surface area contributed by atoms with Crippen LogP contribution >= 0.6 is 0 Å². The summed E-state index contributed by atoms with van der Waals surface area (Å²) in [6, 6.07) is 0. The molecule has 0 saturated carbocycles. The van der Waals surface area contributed by atoms with E-state index in [1.807, 2.05) is 0 Å². The minimum Gasteiger partial charge on any atom is -0.452 e. The van der Waals surface area contributed by atoms with Crippen molar-refractivity contribution in [1.29, 1.82) is 0 Å². The molecule has 0 aliphatic carbocycles. The lowest BCUT2D eigenvalue weighted by atomic mass is 10.2. The van der Waals surface area contributed by atoms with E-state index in [2.05, 4.69) is 9.53 Å². The molecule has 0 rings (SSSR count). The average Bonchev–Trinajstić information content (AvgIpc) is 2.16. The summed E-state index contributed by atoms with van der Waals surface area (Å²) in [4.78, 5) is 25.4. The van der Waals surface area contributed by atoms with Gasteiger partial charge in [-0.15, -0.1) is 0 Å². The number of carbonyl (C=O) groups excluding carboxylic acids is 2. The first-order chi connectivity index (χ1) is 7.81. The Balaban J connectivity index is 4.59. The van der Waals surface area contributed by atoms with E-state index in [1.165, 1.54) is 0 Å². The number of rotatable bonds is 4. The largest absolute Gasteiger partial charge is 0.482 e. The Kier molecular flexibility index (Phi) is 5.85. The first-order valence-corrected chi connectivity index (χ1v) is 5.05. The fourth-order valence-corrected chi connectivity index (χ4v) is 0.780. The number of allylic oxidation sites excluding steroid dienone is 1. The molecular weight excluding hydrogens is 224 g/mol. The van der Waals surface area contributed by atoms with Gasteiger partial charge in [-0.25, -0.2) is 9.59 Å². The van der Waals surface area contributed by atoms with Crippen LogP contribution in [0.1, 0.15) is 27.7 Å². The fraction of sp³-hybridized carbons (Fsp3) is 0.545. The maximum absolute atomic E-state index is 11.4. The predicted molar refractivity (Wildman–Crippen MR) is 60.2 cm³/mol. The molecule has 0 amide bonds. The van der Waals surface area contributed by atoms with Crippen LogP contribution in [0, 0.1) is 0 Å². The van der Waals surface area contributed by atoms with Crippen molar-refractivity contribution in [2.45, 2.75) is 33.3 Å². The number of hydrogen-bond acceptors (Lipinski definition) is 4. The zero-order valence-electron chi connectivity index (χ0n) is 10.4. The number of ether oxygens (including phenoxy) is 2. The Labute approximate surface area is 99.8 Å². The van der Waals surface area contributed by atoms with Gasteiger partial charge in [-0.05, 0) is 27.7 Å². The molecule has 0 aromatic rings. The van der Waals surface area contributed by atoms with E-state index in [0.29, 0.717) is 0 Å². The van der Waals surface area contributed by atoms with Gasteiger partial charge in [-0.1, -0.05) is 12.2 Å². The molecule has 0 N–H and O–H groups in total. The minimum absolute atomic E-state index is 0.00283. The van der Waals surface area contributed by atoms with E-state index in [0.717, 1.165) is 0 Å². The van der Waals surface area contributed by atoms with Crippen LogP contribution in [0.15, 0.2) is 12.2 Å². The number of esters is 2. The summed E-state index contributed by atoms with van der Waals surface area (Å²) in [5.74, 6) is -2.05. The molecule has 0 heterocycles. The standard InChI is InChI=1S/C11H16N2O4/c1-5-6-7-16-9(14)8(13-12)10(15)17-11(2,3)4/h5-6H,7H2,1-4H3/b6-5+. The van der Waals surface area contributed by atoms with Gasteiger partial charge in [0.1, 0.15) is 12.2 Å². The van der Waals surface area contributed by atoms with Crippen LogP contribution in [0.4, 0.5) is 0 Å². The number of nitrogens with zero attached hydrogens (tertiary/aromatic N) is 2. The van der Waals surface area contributed by atoms with E-state index in [9.17, 15) is 9.59 Å². The Morgan fingerprint density at radius 2 is 1.88 bits per heavy atom. The molecule has 0 bridgehead atoms. The molecule has 0 saturated heterocycles. The third-order valence-corrected chi connectivity index (χ3v) is 1.43. The maximum Gasteiger partial charge on any atom is 0.482 e. The van der Waals surface area contributed by atoms with Crippen molar-refractivity contribution in [3.63, 3.8) is 0 Å². The summed E-state index contributed by atoms with van der Waals surface area (Å²) < 4.78 is 9.52. The lowest BCUT2D eigenvalue weighted by molar-refractivity contribution is -0.155. The number of carbonyl (C=O) groups is 2. The Morgan fingerprint density at radius 3 is 2.29 bits per heavy atom. The Hall–Kier alpha value is -1.94. The quantitative estimate of drug-likeness (QED) is 0.184. The van der Waals surface area contributed by atoms with Gasteiger partial charge in [0.25, 0.3) is 0 Å². The third-order valence-electron chi connectivity index (χ3n) is 1.43. The lowest BCUT2D eigenvalue weighted by Crippen LogP contribution is -2.34. The first kappa shape index (κ1) is 15.1. The monoisotopic (exact) mass is 240 g/mol. The second-order valence-corrected chi connectivity index (χ2v) is 4.12. The highest BCUT2D eigenvalue weighted by Gasteiger charge is 2.35. The number of hydrogen-bond donors (Lipinski definition) is 0. The summed E-state index contributed by atoms with van der Waals surface area (Å²) in [5, 5.41) is 0. The van der Waals surface area contributed by atoms with Gasteiger partial charge in [-0.2, -0.15) is 4.79 Å². The van der Waals surface area contributed by atoms with Crippen LogP contribution in [0.5, 0.6) is 0 Å². The van der Waals surface area contributed by atoms with E-state index < -0.39 is 23.3 Å². The molecule has 0 fully saturated rings. The highest BCUT2D eigenvalue weighted by Crippen LogP contribution is 2.07. The summed E-state index contributed by atoms with van der Waals surface area (Å²) in [6.45, 7) is 6.64. The molecule has 0 radical (unpaired) electrons. The molecule has 0 unspecified atom stereocenters. The van der Waals surface area contributed by atoms with Crippen molar-refractivity contribution in [2.75, 3.05) is 6.61 Å². The molecule has 17 heavy (non-hydrogen) atoms. The predicted octanol–water partition coefficient (Wildman–Crippen LogP) is 1.12. The van der Waals surface area contributed by atoms with E-state index in [-0.39, 0.29) is 6.61 Å². The van der Waals surface area contributed by atoms with E-state index in [4.69, 9.17) is 10.3 Å². The molecular formula is C11H16N2O4. The first-order valence-electron chi connectivity index (χ1n) is 5.05. The summed E-state index contributed by atoms with van der Waals surface area (Å²) >= 11 is 0. The molecule has 0 aromatic carbocycles. The van der Waals surface area contributed by atoms with Crippen molar-refractivity contribution < 1.29 is 23.9 Å². The Morgan fingerprint density at radius 1 is 1.29 bits per heavy atom. The molecule has 6 heteroatoms. The van der Waals surface area contributed by atoms with Crippen LogP contribution in [0.3, 0.4) is 0 Å². The Bertz CT molecular complexity index is 373. The van der Waals surface area contributed by atoms with Gasteiger partial charge in [0, 0.05) is 0 Å². The highest BCUT2D eigenvalue weighted by atomic mass is 16.6. The van der Waals surface area contributed by atoms with Crippen molar-refractivity contribution in [3.05, 3.63) is 17.7 Å². The smallest absolute Gasteiger partial charge is 0.452 e. The third kappa shape index (κ3) is 6.27. The summed E-state index contributed by atoms with van der Waals surface area (Å²) in [5.41, 5.74) is 7.03. The molecule has 6 nitrogen and oxygen atoms in total. The van der Waals surface area contributed by atoms with Crippen LogP contribution < -0.4 is 0 Å². The SMILES string of the molecule is C/C=C/COC(=O)C(=[N+]=[N-])C(=O)OC(C)(C)C. The summed E-state index contributed by atoms with van der Waals surface area (Å²) in [7, 11) is 0. The topological polar surface area (TPSA) is 89.0 Å². The van der Waals surface area contributed by atoms with Gasteiger partial charge < -0.3 is 15.0 Å². The van der Waals surface area contributed by atoms with Crippen LogP contribution in [-0.2, 0) is 19.1 Å². The average molecular weight is 240 g/mol. The molecule has 0 aromatic heterocycles. The second kappa shape index (κ2) is 6.60. The fourth-order valence-electron chi connectivity index (χ4n) is 0.780. The van der Waals surface area contributed by atoms with Crippen LogP contribution in [0.2, 0.25) is 0 Å². The normalized spacial score (nSPS) is 10.8. The minimum atomic E-state index is -1.03. The van der Waals surface area contributed by atoms with Crippen molar-refractivity contribution in [2.24, 2.45) is 0 Å². The van der Waals surface area contributed by atoms with Crippen molar-refractivity contribution in [1.82, 2.24) is 0 Å². The lowest BCUT2D eigenvalue weighted by Gasteiger charge is -2.17. The molecule has 0 atom stereocenters. The van der Waals surface area contributed by atoms with Gasteiger partial charge in [0.05, 0.1) is 0 Å². The van der Waals surface area contributed by atoms with Gasteiger partial charge in [0.2, 0.25) is 0 Å². The maximum atomic E-state index is 11.4. The van der Waals surface area contributed by atoms with Gasteiger partial charge in [0.15, 0.2) is 0 Å². The zero-order valence-corrected chi connectivity index (χ0v) is 10.4.